The van der Waals surface area contributed by atoms with Crippen LogP contribution in [0.3, 0.4) is 0 Å². The molecule has 6 heteroatoms. The Hall–Kier alpha value is -1.85. The van der Waals surface area contributed by atoms with Crippen molar-refractivity contribution in [2.24, 2.45) is 17.1 Å². The summed E-state index contributed by atoms with van der Waals surface area (Å²) < 4.78 is 5.20. The van der Waals surface area contributed by atoms with Crippen LogP contribution in [0.5, 0.6) is 0 Å². The zero-order valence-corrected chi connectivity index (χ0v) is 11.2. The Kier molecular flexibility index (Phi) is 2.84. The molecule has 1 heterocycles. The fourth-order valence-corrected chi connectivity index (χ4v) is 2.85. The number of nitrogens with two attached hydrogens (primary N) is 1. The zero-order valence-electron chi connectivity index (χ0n) is 10.4. The van der Waals surface area contributed by atoms with Crippen LogP contribution in [0.15, 0.2) is 28.9 Å². The highest BCUT2D eigenvalue weighted by atomic mass is 35.5. The van der Waals surface area contributed by atoms with Gasteiger partial charge in [-0.25, -0.2) is 0 Å². The van der Waals surface area contributed by atoms with E-state index in [9.17, 15) is 14.7 Å². The first-order valence-electron chi connectivity index (χ1n) is 6.14. The molecule has 3 rings (SSSR count). The summed E-state index contributed by atoms with van der Waals surface area (Å²) in [6.07, 6.45) is 1.77. The average Bonchev–Trinajstić information content (AvgIpc) is 2.99. The predicted octanol–water partition coefficient (Wildman–Crippen LogP) is 2.32. The van der Waals surface area contributed by atoms with Gasteiger partial charge in [-0.1, -0.05) is 11.6 Å². The third-order valence-electron chi connectivity index (χ3n) is 3.97. The van der Waals surface area contributed by atoms with Crippen molar-refractivity contribution in [1.29, 1.82) is 0 Å². The second-order valence-electron chi connectivity index (χ2n) is 5.08. The number of fused-ring (bicyclic) bond motifs is 1. The maximum atomic E-state index is 12.4. The molecule has 3 N–H and O–H groups in total. The van der Waals surface area contributed by atoms with Crippen LogP contribution in [-0.2, 0) is 4.79 Å². The van der Waals surface area contributed by atoms with Crippen LogP contribution >= 0.6 is 11.6 Å². The topological polar surface area (TPSA) is 93.5 Å². The van der Waals surface area contributed by atoms with Gasteiger partial charge in [0.25, 0.3) is 0 Å². The van der Waals surface area contributed by atoms with Crippen molar-refractivity contribution in [3.63, 3.8) is 0 Å². The molecule has 20 heavy (non-hydrogen) atoms. The van der Waals surface area contributed by atoms with Crippen LogP contribution in [0.25, 0.3) is 11.0 Å². The van der Waals surface area contributed by atoms with Crippen molar-refractivity contribution >= 4 is 34.3 Å². The lowest BCUT2D eigenvalue weighted by atomic mass is 9.97. The number of carbonyl (C=O) groups excluding carboxylic acids is 1. The number of ketones is 1. The van der Waals surface area contributed by atoms with Crippen molar-refractivity contribution in [2.75, 3.05) is 6.54 Å². The summed E-state index contributed by atoms with van der Waals surface area (Å²) in [6, 6.07) is 4.88. The minimum Gasteiger partial charge on any atom is -0.481 e. The van der Waals surface area contributed by atoms with Crippen molar-refractivity contribution in [2.45, 2.75) is 6.42 Å². The van der Waals surface area contributed by atoms with Crippen LogP contribution in [-0.4, -0.2) is 23.4 Å². The molecule has 0 amide bonds. The Labute approximate surface area is 119 Å². The Morgan fingerprint density at radius 1 is 1.50 bits per heavy atom. The normalized spacial score (nSPS) is 24.8. The van der Waals surface area contributed by atoms with Gasteiger partial charge in [0, 0.05) is 23.4 Å². The van der Waals surface area contributed by atoms with E-state index in [1.165, 1.54) is 12.3 Å². The van der Waals surface area contributed by atoms with Crippen molar-refractivity contribution in [1.82, 2.24) is 0 Å². The highest BCUT2D eigenvalue weighted by Gasteiger charge is 2.62. The van der Waals surface area contributed by atoms with E-state index >= 15 is 0 Å². The van der Waals surface area contributed by atoms with Gasteiger partial charge in [-0.15, -0.1) is 0 Å². The van der Waals surface area contributed by atoms with Gasteiger partial charge < -0.3 is 15.3 Å². The minimum atomic E-state index is -1.12. The molecule has 0 unspecified atom stereocenters. The molecule has 1 aromatic carbocycles. The molecule has 0 saturated heterocycles. The predicted molar refractivity (Wildman–Crippen MR) is 72.8 cm³/mol. The van der Waals surface area contributed by atoms with E-state index in [0.29, 0.717) is 16.2 Å². The molecule has 5 nitrogen and oxygen atoms in total. The standard InChI is InChI=1S/C14H12ClNO4/c15-10-4-8(3-7-1-2-20-12(7)10)11(17)9-5-14(9,6-16)13(18)19/h1-4,9H,5-6,16H2,(H,18,19)/t9-,14-/m1/s1. The van der Waals surface area contributed by atoms with E-state index in [1.54, 1.807) is 12.1 Å². The lowest BCUT2D eigenvalue weighted by Crippen LogP contribution is -2.29. The SMILES string of the molecule is NC[C@]1(C(=O)O)C[C@@H]1C(=O)c1cc(Cl)c2occc2c1. The van der Waals surface area contributed by atoms with E-state index in [2.05, 4.69) is 0 Å². The summed E-state index contributed by atoms with van der Waals surface area (Å²) in [6.45, 7) is -0.0412. The number of hydrogen-bond acceptors (Lipinski definition) is 4. The fourth-order valence-electron chi connectivity index (χ4n) is 2.58. The van der Waals surface area contributed by atoms with Crippen LogP contribution in [0, 0.1) is 11.3 Å². The second-order valence-corrected chi connectivity index (χ2v) is 5.49. The van der Waals surface area contributed by atoms with Crippen LogP contribution in [0.2, 0.25) is 5.02 Å². The monoisotopic (exact) mass is 293 g/mol. The Bertz CT molecular complexity index is 723. The molecule has 0 radical (unpaired) electrons. The molecule has 1 aliphatic rings. The van der Waals surface area contributed by atoms with Gasteiger partial charge in [0.15, 0.2) is 11.4 Å². The number of hydrogen-bond donors (Lipinski definition) is 2. The first-order chi connectivity index (χ1) is 9.49. The van der Waals surface area contributed by atoms with E-state index in [4.69, 9.17) is 21.8 Å². The number of aliphatic carboxylic acids is 1. The molecule has 2 atom stereocenters. The lowest BCUT2D eigenvalue weighted by Gasteiger charge is -2.08. The molecule has 1 aliphatic carbocycles. The number of Topliss-reactive ketones (excluding diaryl/α,β-unsaturated/α-hetero) is 1. The highest BCUT2D eigenvalue weighted by molar-refractivity contribution is 6.35. The van der Waals surface area contributed by atoms with Gasteiger partial charge in [-0.05, 0) is 24.6 Å². The van der Waals surface area contributed by atoms with E-state index in [1.807, 2.05) is 0 Å². The van der Waals surface area contributed by atoms with Gasteiger partial charge in [0.2, 0.25) is 0 Å². The molecule has 1 fully saturated rings. The summed E-state index contributed by atoms with van der Waals surface area (Å²) in [5, 5.41) is 10.2. The molecule has 104 valence electrons. The zero-order chi connectivity index (χ0) is 14.5. The van der Waals surface area contributed by atoms with Gasteiger partial charge >= 0.3 is 5.97 Å². The van der Waals surface area contributed by atoms with Crippen molar-refractivity contribution in [3.05, 3.63) is 35.0 Å². The number of benzene rings is 1. The summed E-state index contributed by atoms with van der Waals surface area (Å²) in [5.41, 5.74) is 5.30. The third kappa shape index (κ3) is 1.74. The molecule has 0 aliphatic heterocycles. The Balaban J connectivity index is 1.96. The number of carbonyl (C=O) groups is 2. The number of furan rings is 1. The molecule has 1 aromatic heterocycles. The number of carboxylic acids is 1. The smallest absolute Gasteiger partial charge is 0.311 e. The van der Waals surface area contributed by atoms with Crippen LogP contribution in [0.4, 0.5) is 0 Å². The largest absolute Gasteiger partial charge is 0.481 e. The number of halogens is 1. The van der Waals surface area contributed by atoms with E-state index < -0.39 is 17.3 Å². The molecular weight excluding hydrogens is 282 g/mol. The summed E-state index contributed by atoms with van der Waals surface area (Å²) in [7, 11) is 0. The molecule has 2 aromatic rings. The van der Waals surface area contributed by atoms with Gasteiger partial charge in [0.1, 0.15) is 0 Å². The molecule has 1 saturated carbocycles. The maximum absolute atomic E-state index is 12.4. The Morgan fingerprint density at radius 2 is 2.25 bits per heavy atom. The maximum Gasteiger partial charge on any atom is 0.311 e. The summed E-state index contributed by atoms with van der Waals surface area (Å²) in [4.78, 5) is 23.6. The van der Waals surface area contributed by atoms with Crippen LogP contribution < -0.4 is 5.73 Å². The second kappa shape index (κ2) is 4.33. The van der Waals surface area contributed by atoms with Crippen molar-refractivity contribution in [3.8, 4) is 0 Å². The minimum absolute atomic E-state index is 0.0412. The van der Waals surface area contributed by atoms with Gasteiger partial charge in [0.05, 0.1) is 16.7 Å². The summed E-state index contributed by atoms with van der Waals surface area (Å²) in [5.74, 6) is -1.83. The molecule has 0 bridgehead atoms. The van der Waals surface area contributed by atoms with Crippen LogP contribution in [0.1, 0.15) is 16.8 Å². The van der Waals surface area contributed by atoms with E-state index in [0.717, 1.165) is 5.39 Å². The third-order valence-corrected chi connectivity index (χ3v) is 4.25. The Morgan fingerprint density at radius 3 is 2.85 bits per heavy atom. The van der Waals surface area contributed by atoms with Gasteiger partial charge in [-0.2, -0.15) is 0 Å². The lowest BCUT2D eigenvalue weighted by molar-refractivity contribution is -0.143. The van der Waals surface area contributed by atoms with E-state index in [-0.39, 0.29) is 18.7 Å². The first-order valence-corrected chi connectivity index (χ1v) is 6.52. The summed E-state index contributed by atoms with van der Waals surface area (Å²) >= 11 is 6.05. The number of carboxylic acid groups (broad SMARTS) is 1. The fraction of sp³-hybridized carbons (Fsp3) is 0.286. The quantitative estimate of drug-likeness (QED) is 0.844. The molecule has 0 spiro atoms. The highest BCUT2D eigenvalue weighted by Crippen LogP contribution is 2.53. The van der Waals surface area contributed by atoms with Crippen molar-refractivity contribution < 1.29 is 19.1 Å². The first kappa shape index (κ1) is 13.1. The average molecular weight is 294 g/mol. The molecular formula is C14H12ClNO4. The number of rotatable bonds is 4. The van der Waals surface area contributed by atoms with Gasteiger partial charge in [-0.3, -0.25) is 9.59 Å².